The Hall–Kier alpha value is -1.29. The Morgan fingerprint density at radius 3 is 2.92 bits per heavy atom. The van der Waals surface area contributed by atoms with E-state index in [1.807, 2.05) is 0 Å². The molecular formula is C9H6BrNO2. The topological polar surface area (TPSA) is 53.1 Å². The Kier molecular flexibility index (Phi) is 1.84. The molecule has 0 fully saturated rings. The van der Waals surface area contributed by atoms with Gasteiger partial charge in [0.05, 0.1) is 9.99 Å². The monoisotopic (exact) mass is 239 g/mol. The number of fused-ring (bicyclic) bond motifs is 1. The van der Waals surface area contributed by atoms with E-state index in [1.165, 1.54) is 0 Å². The second-order valence-electron chi connectivity index (χ2n) is 2.68. The van der Waals surface area contributed by atoms with Gasteiger partial charge in [0.2, 0.25) is 0 Å². The number of rotatable bonds is 1. The third-order valence-corrected chi connectivity index (χ3v) is 2.58. The number of benzene rings is 1. The fourth-order valence-electron chi connectivity index (χ4n) is 1.28. The summed E-state index contributed by atoms with van der Waals surface area (Å²) in [5.74, 6) is 0.130. The quantitative estimate of drug-likeness (QED) is 0.752. The van der Waals surface area contributed by atoms with Gasteiger partial charge in [0, 0.05) is 17.1 Å². The Balaban J connectivity index is 2.88. The van der Waals surface area contributed by atoms with Crippen LogP contribution in [0.15, 0.2) is 22.8 Å². The first-order chi connectivity index (χ1) is 6.24. The minimum atomic E-state index is 0.130. The first-order valence-corrected chi connectivity index (χ1v) is 4.47. The minimum Gasteiger partial charge on any atom is -0.505 e. The smallest absolute Gasteiger partial charge is 0.153 e. The van der Waals surface area contributed by atoms with Crippen LogP contribution >= 0.6 is 15.9 Å². The molecule has 1 heterocycles. The molecule has 0 saturated heterocycles. The summed E-state index contributed by atoms with van der Waals surface area (Å²) in [6, 6.07) is 3.48. The summed E-state index contributed by atoms with van der Waals surface area (Å²) in [6.45, 7) is 0. The molecule has 0 spiro atoms. The zero-order valence-corrected chi connectivity index (χ0v) is 8.13. The molecule has 0 aliphatic heterocycles. The van der Waals surface area contributed by atoms with Gasteiger partial charge in [0.1, 0.15) is 0 Å². The highest BCUT2D eigenvalue weighted by Gasteiger charge is 2.08. The van der Waals surface area contributed by atoms with Gasteiger partial charge in [0.25, 0.3) is 0 Å². The van der Waals surface area contributed by atoms with Gasteiger partial charge in [-0.1, -0.05) is 6.07 Å². The molecule has 2 aromatic rings. The molecule has 0 unspecified atom stereocenters. The van der Waals surface area contributed by atoms with Crippen LogP contribution in [0, 0.1) is 0 Å². The van der Waals surface area contributed by atoms with Crippen molar-refractivity contribution in [2.24, 2.45) is 0 Å². The minimum absolute atomic E-state index is 0.130. The zero-order valence-electron chi connectivity index (χ0n) is 6.54. The lowest BCUT2D eigenvalue weighted by Gasteiger charge is -1.97. The molecular weight excluding hydrogens is 234 g/mol. The third kappa shape index (κ3) is 1.14. The zero-order chi connectivity index (χ0) is 9.42. The highest BCUT2D eigenvalue weighted by Crippen LogP contribution is 2.32. The molecule has 0 bridgehead atoms. The molecule has 0 aliphatic rings. The van der Waals surface area contributed by atoms with Crippen molar-refractivity contribution in [3.05, 3.63) is 28.4 Å². The van der Waals surface area contributed by atoms with E-state index in [9.17, 15) is 9.90 Å². The number of hydrogen-bond acceptors (Lipinski definition) is 2. The normalized spacial score (nSPS) is 10.5. The number of hydrogen-bond donors (Lipinski definition) is 2. The van der Waals surface area contributed by atoms with Gasteiger partial charge in [-0.25, -0.2) is 0 Å². The molecule has 4 heteroatoms. The number of aromatic hydroxyl groups is 1. The summed E-state index contributed by atoms with van der Waals surface area (Å²) in [4.78, 5) is 13.4. The van der Waals surface area contributed by atoms with E-state index >= 15 is 0 Å². The van der Waals surface area contributed by atoms with Crippen molar-refractivity contribution in [3.8, 4) is 5.75 Å². The average molecular weight is 240 g/mol. The maximum Gasteiger partial charge on any atom is 0.153 e. The molecule has 2 rings (SSSR count). The van der Waals surface area contributed by atoms with E-state index in [0.29, 0.717) is 15.6 Å². The van der Waals surface area contributed by atoms with E-state index in [-0.39, 0.29) is 5.75 Å². The van der Waals surface area contributed by atoms with Crippen LogP contribution in [-0.2, 0) is 0 Å². The highest BCUT2D eigenvalue weighted by molar-refractivity contribution is 9.10. The Morgan fingerprint density at radius 1 is 1.46 bits per heavy atom. The Morgan fingerprint density at radius 2 is 2.23 bits per heavy atom. The average Bonchev–Trinajstić information content (AvgIpc) is 2.55. The lowest BCUT2D eigenvalue weighted by Crippen LogP contribution is -1.75. The van der Waals surface area contributed by atoms with Crippen molar-refractivity contribution in [2.45, 2.75) is 0 Å². The van der Waals surface area contributed by atoms with Crippen LogP contribution in [-0.4, -0.2) is 16.4 Å². The van der Waals surface area contributed by atoms with Gasteiger partial charge >= 0.3 is 0 Å². The number of phenols is 1. The fourth-order valence-corrected chi connectivity index (χ4v) is 1.61. The summed E-state index contributed by atoms with van der Waals surface area (Å²) in [5.41, 5.74) is 1.13. The summed E-state index contributed by atoms with van der Waals surface area (Å²) in [6.07, 6.45) is 2.33. The van der Waals surface area contributed by atoms with Crippen molar-refractivity contribution in [1.82, 2.24) is 4.98 Å². The number of H-pyrrole nitrogens is 1. The summed E-state index contributed by atoms with van der Waals surface area (Å²) in [5, 5.41) is 10.3. The molecule has 0 radical (unpaired) electrons. The molecule has 0 atom stereocenters. The number of halogens is 1. The standard InChI is InChI=1S/C9H6BrNO2/c10-7-2-1-6-5(4-12)3-11-8(6)9(7)13/h1-4,11,13H. The largest absolute Gasteiger partial charge is 0.505 e. The predicted molar refractivity (Wildman–Crippen MR) is 53.1 cm³/mol. The number of carbonyl (C=O) groups is 1. The van der Waals surface area contributed by atoms with Gasteiger partial charge in [-0.2, -0.15) is 0 Å². The van der Waals surface area contributed by atoms with Crippen LogP contribution in [0.4, 0.5) is 0 Å². The molecule has 66 valence electrons. The second kappa shape index (κ2) is 2.88. The Bertz CT molecular complexity index is 476. The number of aromatic amines is 1. The molecule has 0 amide bonds. The highest BCUT2D eigenvalue weighted by atomic mass is 79.9. The van der Waals surface area contributed by atoms with Crippen LogP contribution < -0.4 is 0 Å². The maximum absolute atomic E-state index is 10.6. The van der Waals surface area contributed by atoms with Gasteiger partial charge in [-0.05, 0) is 22.0 Å². The lowest BCUT2D eigenvalue weighted by molar-refractivity contribution is 0.112. The van der Waals surface area contributed by atoms with Crippen LogP contribution in [0.2, 0.25) is 0 Å². The number of aldehydes is 1. The van der Waals surface area contributed by atoms with Crippen LogP contribution in [0.5, 0.6) is 5.75 Å². The van der Waals surface area contributed by atoms with Crippen molar-refractivity contribution in [1.29, 1.82) is 0 Å². The number of aromatic nitrogens is 1. The summed E-state index contributed by atoms with van der Waals surface area (Å²) >= 11 is 3.19. The molecule has 3 nitrogen and oxygen atoms in total. The van der Waals surface area contributed by atoms with Crippen molar-refractivity contribution in [3.63, 3.8) is 0 Å². The van der Waals surface area contributed by atoms with E-state index in [4.69, 9.17) is 0 Å². The van der Waals surface area contributed by atoms with E-state index in [1.54, 1.807) is 18.3 Å². The molecule has 0 aliphatic carbocycles. The first-order valence-electron chi connectivity index (χ1n) is 3.68. The second-order valence-corrected chi connectivity index (χ2v) is 3.53. The van der Waals surface area contributed by atoms with Crippen molar-refractivity contribution >= 4 is 33.1 Å². The van der Waals surface area contributed by atoms with Gasteiger partial charge < -0.3 is 10.1 Å². The van der Waals surface area contributed by atoms with Crippen LogP contribution in [0.3, 0.4) is 0 Å². The van der Waals surface area contributed by atoms with E-state index < -0.39 is 0 Å². The fraction of sp³-hybridized carbons (Fsp3) is 0. The maximum atomic E-state index is 10.6. The molecule has 1 aromatic carbocycles. The van der Waals surface area contributed by atoms with E-state index in [2.05, 4.69) is 20.9 Å². The SMILES string of the molecule is O=Cc1c[nH]c2c(O)c(Br)ccc12. The van der Waals surface area contributed by atoms with Crippen molar-refractivity contribution in [2.75, 3.05) is 0 Å². The molecule has 1 aromatic heterocycles. The molecule has 0 saturated carbocycles. The third-order valence-electron chi connectivity index (χ3n) is 1.94. The summed E-state index contributed by atoms with van der Waals surface area (Å²) < 4.78 is 0.610. The summed E-state index contributed by atoms with van der Waals surface area (Å²) in [7, 11) is 0. The Labute approximate surface area is 82.5 Å². The van der Waals surface area contributed by atoms with E-state index in [0.717, 1.165) is 11.7 Å². The molecule has 2 N–H and O–H groups in total. The predicted octanol–water partition coefficient (Wildman–Crippen LogP) is 2.45. The lowest BCUT2D eigenvalue weighted by atomic mass is 10.2. The van der Waals surface area contributed by atoms with Gasteiger partial charge in [0.15, 0.2) is 12.0 Å². The van der Waals surface area contributed by atoms with Gasteiger partial charge in [-0.3, -0.25) is 4.79 Å². The first kappa shape index (κ1) is 8.31. The molecule has 13 heavy (non-hydrogen) atoms. The van der Waals surface area contributed by atoms with Crippen molar-refractivity contribution < 1.29 is 9.90 Å². The van der Waals surface area contributed by atoms with Gasteiger partial charge in [-0.15, -0.1) is 0 Å². The number of carbonyl (C=O) groups excluding carboxylic acids is 1. The van der Waals surface area contributed by atoms with Crippen LogP contribution in [0.25, 0.3) is 10.9 Å². The number of nitrogens with one attached hydrogen (secondary N) is 1. The number of phenolic OH excluding ortho intramolecular Hbond substituents is 1. The van der Waals surface area contributed by atoms with Crippen LogP contribution in [0.1, 0.15) is 10.4 Å².